The molecule has 0 aliphatic rings. The number of hydrogen-bond donors (Lipinski definition) is 2. The fourth-order valence-corrected chi connectivity index (χ4v) is 1.53. The van der Waals surface area contributed by atoms with E-state index in [4.69, 9.17) is 5.11 Å². The second-order valence-electron chi connectivity index (χ2n) is 4.29. The smallest absolute Gasteiger partial charge is 0.324 e. The molecule has 0 fully saturated rings. The summed E-state index contributed by atoms with van der Waals surface area (Å²) in [4.78, 5) is 31.9. The lowest BCUT2D eigenvalue weighted by Gasteiger charge is -2.26. The van der Waals surface area contributed by atoms with E-state index < -0.39 is 5.97 Å². The molecular formula is C12H18N4O3. The Hall–Kier alpha value is -2.18. The van der Waals surface area contributed by atoms with Crippen LogP contribution in [0.2, 0.25) is 0 Å². The number of aliphatic carboxylic acids is 1. The van der Waals surface area contributed by atoms with E-state index in [2.05, 4.69) is 15.3 Å². The summed E-state index contributed by atoms with van der Waals surface area (Å²) in [5.74, 6) is -0.633. The molecular weight excluding hydrogens is 248 g/mol. The van der Waals surface area contributed by atoms with E-state index >= 15 is 0 Å². The van der Waals surface area contributed by atoms with Gasteiger partial charge in [-0.15, -0.1) is 0 Å². The van der Waals surface area contributed by atoms with Crippen LogP contribution in [-0.4, -0.2) is 44.6 Å². The Morgan fingerprint density at radius 3 is 2.53 bits per heavy atom. The highest BCUT2D eigenvalue weighted by atomic mass is 16.4. The molecule has 0 aliphatic heterocycles. The number of rotatable bonds is 6. The zero-order chi connectivity index (χ0) is 14.3. The summed E-state index contributed by atoms with van der Waals surface area (Å²) >= 11 is 0. The second kappa shape index (κ2) is 7.30. The van der Waals surface area contributed by atoms with Crippen molar-refractivity contribution in [1.29, 1.82) is 0 Å². The number of aromatic nitrogens is 2. The molecule has 104 valence electrons. The van der Waals surface area contributed by atoms with Gasteiger partial charge in [0.25, 0.3) is 0 Å². The molecule has 19 heavy (non-hydrogen) atoms. The van der Waals surface area contributed by atoms with Crippen LogP contribution in [0, 0.1) is 0 Å². The summed E-state index contributed by atoms with van der Waals surface area (Å²) in [7, 11) is 0. The molecule has 1 heterocycles. The maximum atomic E-state index is 12.0. The van der Waals surface area contributed by atoms with Crippen LogP contribution in [0.1, 0.15) is 26.7 Å². The fourth-order valence-electron chi connectivity index (χ4n) is 1.53. The first kappa shape index (κ1) is 14.9. The summed E-state index contributed by atoms with van der Waals surface area (Å²) < 4.78 is 0. The van der Waals surface area contributed by atoms with Gasteiger partial charge in [0.1, 0.15) is 0 Å². The van der Waals surface area contributed by atoms with Crippen LogP contribution in [0.15, 0.2) is 18.5 Å². The fraction of sp³-hybridized carbons (Fsp3) is 0.500. The van der Waals surface area contributed by atoms with Gasteiger partial charge in [-0.3, -0.25) is 10.1 Å². The lowest BCUT2D eigenvalue weighted by atomic mass is 10.2. The highest BCUT2D eigenvalue weighted by Crippen LogP contribution is 2.05. The summed E-state index contributed by atoms with van der Waals surface area (Å²) in [5.41, 5.74) is 0. The third-order valence-electron chi connectivity index (χ3n) is 2.46. The first-order chi connectivity index (χ1) is 9.00. The van der Waals surface area contributed by atoms with Gasteiger partial charge >= 0.3 is 12.0 Å². The van der Waals surface area contributed by atoms with Gasteiger partial charge in [-0.1, -0.05) is 0 Å². The maximum Gasteiger partial charge on any atom is 0.324 e. The number of amides is 2. The van der Waals surface area contributed by atoms with Crippen LogP contribution >= 0.6 is 0 Å². The molecule has 7 nitrogen and oxygen atoms in total. The van der Waals surface area contributed by atoms with Crippen molar-refractivity contribution in [2.24, 2.45) is 0 Å². The molecule has 2 N–H and O–H groups in total. The third kappa shape index (κ3) is 5.33. The van der Waals surface area contributed by atoms with E-state index in [9.17, 15) is 9.59 Å². The Morgan fingerprint density at radius 2 is 2.00 bits per heavy atom. The predicted molar refractivity (Wildman–Crippen MR) is 69.8 cm³/mol. The van der Waals surface area contributed by atoms with Gasteiger partial charge in [0.05, 0.1) is 0 Å². The number of nitrogens with zero attached hydrogens (tertiary/aromatic N) is 3. The molecule has 0 bridgehead atoms. The van der Waals surface area contributed by atoms with Crippen molar-refractivity contribution < 1.29 is 14.7 Å². The molecule has 0 saturated carbocycles. The topological polar surface area (TPSA) is 95.4 Å². The molecule has 0 aliphatic carbocycles. The predicted octanol–water partition coefficient (Wildman–Crippen LogP) is 1.58. The van der Waals surface area contributed by atoms with E-state index in [-0.39, 0.29) is 24.4 Å². The minimum absolute atomic E-state index is 0.0301. The Bertz CT molecular complexity index is 422. The van der Waals surface area contributed by atoms with E-state index in [1.54, 1.807) is 11.0 Å². The SMILES string of the molecule is CC(C)N(CCCC(=O)O)C(=O)Nc1ncccn1. The van der Waals surface area contributed by atoms with Crippen molar-refractivity contribution in [3.05, 3.63) is 18.5 Å². The Balaban J connectivity index is 2.55. The Morgan fingerprint density at radius 1 is 1.37 bits per heavy atom. The lowest BCUT2D eigenvalue weighted by Crippen LogP contribution is -2.41. The lowest BCUT2D eigenvalue weighted by molar-refractivity contribution is -0.137. The molecule has 1 aromatic heterocycles. The summed E-state index contributed by atoms with van der Waals surface area (Å²) in [6.45, 7) is 4.11. The van der Waals surface area contributed by atoms with Crippen LogP contribution in [0.4, 0.5) is 10.7 Å². The summed E-state index contributed by atoms with van der Waals surface area (Å²) in [6, 6.07) is 1.30. The minimum Gasteiger partial charge on any atom is -0.481 e. The summed E-state index contributed by atoms with van der Waals surface area (Å²) in [5, 5.41) is 11.2. The molecule has 0 aromatic carbocycles. The first-order valence-electron chi connectivity index (χ1n) is 6.07. The van der Waals surface area contributed by atoms with Gasteiger partial charge in [0.15, 0.2) is 0 Å². The van der Waals surface area contributed by atoms with Crippen LogP contribution < -0.4 is 5.32 Å². The van der Waals surface area contributed by atoms with Crippen molar-refractivity contribution >= 4 is 17.9 Å². The van der Waals surface area contributed by atoms with Gasteiger partial charge in [0.2, 0.25) is 5.95 Å². The van der Waals surface area contributed by atoms with E-state index in [0.29, 0.717) is 13.0 Å². The Labute approximate surface area is 111 Å². The van der Waals surface area contributed by atoms with E-state index in [1.807, 2.05) is 13.8 Å². The third-order valence-corrected chi connectivity index (χ3v) is 2.46. The van der Waals surface area contributed by atoms with Crippen LogP contribution in [0.5, 0.6) is 0 Å². The van der Waals surface area contributed by atoms with Gasteiger partial charge in [0, 0.05) is 31.4 Å². The van der Waals surface area contributed by atoms with Gasteiger partial charge in [-0.2, -0.15) is 0 Å². The molecule has 0 radical (unpaired) electrons. The van der Waals surface area contributed by atoms with Gasteiger partial charge in [-0.25, -0.2) is 14.8 Å². The summed E-state index contributed by atoms with van der Waals surface area (Å²) in [6.07, 6.45) is 3.52. The van der Waals surface area contributed by atoms with Crippen molar-refractivity contribution in [3.63, 3.8) is 0 Å². The number of carbonyl (C=O) groups excluding carboxylic acids is 1. The number of anilines is 1. The van der Waals surface area contributed by atoms with Gasteiger partial charge < -0.3 is 10.0 Å². The normalized spacial score (nSPS) is 10.3. The first-order valence-corrected chi connectivity index (χ1v) is 6.07. The molecule has 0 unspecified atom stereocenters. The average molecular weight is 266 g/mol. The molecule has 1 aromatic rings. The molecule has 0 spiro atoms. The number of urea groups is 1. The van der Waals surface area contributed by atoms with Crippen molar-refractivity contribution in [1.82, 2.24) is 14.9 Å². The minimum atomic E-state index is -0.865. The highest BCUT2D eigenvalue weighted by molar-refractivity contribution is 5.87. The van der Waals surface area contributed by atoms with Gasteiger partial charge in [-0.05, 0) is 26.3 Å². The zero-order valence-electron chi connectivity index (χ0n) is 11.0. The van der Waals surface area contributed by atoms with Crippen LogP contribution in [0.3, 0.4) is 0 Å². The maximum absolute atomic E-state index is 12.0. The molecule has 0 atom stereocenters. The van der Waals surface area contributed by atoms with Crippen molar-refractivity contribution in [2.45, 2.75) is 32.7 Å². The second-order valence-corrected chi connectivity index (χ2v) is 4.29. The number of carboxylic acid groups (broad SMARTS) is 1. The zero-order valence-corrected chi connectivity index (χ0v) is 11.0. The number of carboxylic acids is 1. The van der Waals surface area contributed by atoms with E-state index in [1.165, 1.54) is 12.4 Å². The van der Waals surface area contributed by atoms with Crippen molar-refractivity contribution in [3.8, 4) is 0 Å². The molecule has 1 rings (SSSR count). The molecule has 0 saturated heterocycles. The largest absolute Gasteiger partial charge is 0.481 e. The van der Waals surface area contributed by atoms with Crippen LogP contribution in [-0.2, 0) is 4.79 Å². The Kier molecular flexibility index (Phi) is 5.72. The highest BCUT2D eigenvalue weighted by Gasteiger charge is 2.17. The van der Waals surface area contributed by atoms with E-state index in [0.717, 1.165) is 0 Å². The molecule has 2 amide bonds. The average Bonchev–Trinajstić information content (AvgIpc) is 2.35. The number of nitrogens with one attached hydrogen (secondary N) is 1. The quantitative estimate of drug-likeness (QED) is 0.815. The van der Waals surface area contributed by atoms with Crippen LogP contribution in [0.25, 0.3) is 0 Å². The standard InChI is InChI=1S/C12H18N4O3/c1-9(2)16(8-3-5-10(17)18)12(19)15-11-13-6-4-7-14-11/h4,6-7,9H,3,5,8H2,1-2H3,(H,17,18)(H,13,14,15,19). The molecule has 7 heteroatoms. The number of carbonyl (C=O) groups is 2. The monoisotopic (exact) mass is 266 g/mol. The van der Waals surface area contributed by atoms with Crippen molar-refractivity contribution in [2.75, 3.05) is 11.9 Å². The number of hydrogen-bond acceptors (Lipinski definition) is 4.